The van der Waals surface area contributed by atoms with Crippen LogP contribution in [-0.2, 0) is 10.0 Å². The van der Waals surface area contributed by atoms with Gasteiger partial charge in [-0.3, -0.25) is 0 Å². The van der Waals surface area contributed by atoms with E-state index in [0.717, 1.165) is 25.7 Å². The molecule has 0 radical (unpaired) electrons. The standard InChI is InChI=1S/C14H29NO2S/c1-14(2)10-7-5-4-6-8-12-15(13-9-11-14)18(3,16)17/h4-13H2,1-3H3. The molecule has 0 aromatic rings. The summed E-state index contributed by atoms with van der Waals surface area (Å²) in [5.74, 6) is 0. The van der Waals surface area contributed by atoms with Crippen LogP contribution < -0.4 is 0 Å². The Bertz CT molecular complexity index is 336. The van der Waals surface area contributed by atoms with Crippen molar-refractivity contribution in [1.29, 1.82) is 0 Å². The smallest absolute Gasteiger partial charge is 0.211 e. The lowest BCUT2D eigenvalue weighted by atomic mass is 9.82. The fourth-order valence-corrected chi connectivity index (χ4v) is 3.65. The van der Waals surface area contributed by atoms with Gasteiger partial charge in [0, 0.05) is 13.1 Å². The maximum atomic E-state index is 11.7. The van der Waals surface area contributed by atoms with Crippen LogP contribution in [0.5, 0.6) is 0 Å². The Hall–Kier alpha value is -0.0900. The van der Waals surface area contributed by atoms with E-state index in [4.69, 9.17) is 0 Å². The molecule has 1 rings (SSSR count). The second-order valence-electron chi connectivity index (χ2n) is 6.45. The quantitative estimate of drug-likeness (QED) is 0.735. The van der Waals surface area contributed by atoms with Crippen LogP contribution in [0.15, 0.2) is 0 Å². The first kappa shape index (κ1) is 16.0. The topological polar surface area (TPSA) is 37.4 Å². The number of nitrogens with zero attached hydrogens (tertiary/aromatic N) is 1. The number of hydrogen-bond acceptors (Lipinski definition) is 2. The molecule has 1 aliphatic heterocycles. The van der Waals surface area contributed by atoms with Gasteiger partial charge >= 0.3 is 0 Å². The third-order valence-electron chi connectivity index (χ3n) is 3.99. The van der Waals surface area contributed by atoms with Crippen molar-refractivity contribution in [1.82, 2.24) is 4.31 Å². The summed E-state index contributed by atoms with van der Waals surface area (Å²) < 4.78 is 25.1. The first-order valence-electron chi connectivity index (χ1n) is 7.26. The molecule has 3 nitrogen and oxygen atoms in total. The Morgan fingerprint density at radius 2 is 1.33 bits per heavy atom. The van der Waals surface area contributed by atoms with E-state index in [0.29, 0.717) is 18.5 Å². The van der Waals surface area contributed by atoms with E-state index in [1.54, 1.807) is 4.31 Å². The van der Waals surface area contributed by atoms with E-state index in [1.807, 2.05) is 0 Å². The summed E-state index contributed by atoms with van der Waals surface area (Å²) in [7, 11) is -3.02. The van der Waals surface area contributed by atoms with Crippen molar-refractivity contribution in [2.45, 2.75) is 65.2 Å². The van der Waals surface area contributed by atoms with Gasteiger partial charge in [0.05, 0.1) is 6.26 Å². The van der Waals surface area contributed by atoms with Gasteiger partial charge in [-0.2, -0.15) is 0 Å². The van der Waals surface area contributed by atoms with Gasteiger partial charge in [-0.1, -0.05) is 39.5 Å². The second-order valence-corrected chi connectivity index (χ2v) is 8.43. The summed E-state index contributed by atoms with van der Waals surface area (Å²) in [6, 6.07) is 0. The largest absolute Gasteiger partial charge is 0.213 e. The van der Waals surface area contributed by atoms with Gasteiger partial charge in [0.1, 0.15) is 0 Å². The van der Waals surface area contributed by atoms with Crippen LogP contribution in [0.3, 0.4) is 0 Å². The van der Waals surface area contributed by atoms with Crippen LogP contribution >= 0.6 is 0 Å². The third-order valence-corrected chi connectivity index (χ3v) is 5.29. The Balaban J connectivity index is 2.59. The number of rotatable bonds is 1. The highest BCUT2D eigenvalue weighted by atomic mass is 32.2. The summed E-state index contributed by atoms with van der Waals surface area (Å²) in [5, 5.41) is 0. The molecule has 0 unspecified atom stereocenters. The zero-order valence-electron chi connectivity index (χ0n) is 12.2. The van der Waals surface area contributed by atoms with E-state index in [9.17, 15) is 8.42 Å². The number of hydrogen-bond donors (Lipinski definition) is 0. The summed E-state index contributed by atoms with van der Waals surface area (Å²) >= 11 is 0. The molecule has 0 amide bonds. The first-order valence-corrected chi connectivity index (χ1v) is 9.11. The van der Waals surface area contributed by atoms with Crippen LogP contribution in [0.4, 0.5) is 0 Å². The van der Waals surface area contributed by atoms with Crippen LogP contribution in [-0.4, -0.2) is 32.1 Å². The molecule has 0 atom stereocenters. The summed E-state index contributed by atoms with van der Waals surface area (Å²) in [4.78, 5) is 0. The van der Waals surface area contributed by atoms with Crippen LogP contribution in [0.25, 0.3) is 0 Å². The lowest BCUT2D eigenvalue weighted by Gasteiger charge is -2.27. The van der Waals surface area contributed by atoms with Gasteiger partial charge < -0.3 is 0 Å². The number of sulfonamides is 1. The Labute approximate surface area is 113 Å². The maximum absolute atomic E-state index is 11.7. The van der Waals surface area contributed by atoms with Crippen molar-refractivity contribution in [2.24, 2.45) is 5.41 Å². The highest BCUT2D eigenvalue weighted by molar-refractivity contribution is 7.88. The van der Waals surface area contributed by atoms with Crippen molar-refractivity contribution >= 4 is 10.0 Å². The predicted octanol–water partition coefficient (Wildman–Crippen LogP) is 3.41. The molecular weight excluding hydrogens is 246 g/mol. The molecule has 18 heavy (non-hydrogen) atoms. The van der Waals surface area contributed by atoms with Crippen molar-refractivity contribution in [3.63, 3.8) is 0 Å². The average molecular weight is 275 g/mol. The Morgan fingerprint density at radius 3 is 2.00 bits per heavy atom. The first-order chi connectivity index (χ1) is 8.31. The molecule has 4 heteroatoms. The third kappa shape index (κ3) is 6.19. The minimum atomic E-state index is -3.02. The molecule has 108 valence electrons. The van der Waals surface area contributed by atoms with E-state index < -0.39 is 10.0 Å². The lowest BCUT2D eigenvalue weighted by Crippen LogP contribution is -2.32. The lowest BCUT2D eigenvalue weighted by molar-refractivity contribution is 0.265. The molecule has 0 bridgehead atoms. The van der Waals surface area contributed by atoms with Gasteiger partial charge in [-0.25, -0.2) is 12.7 Å². The normalized spacial score (nSPS) is 25.1. The Morgan fingerprint density at radius 1 is 0.833 bits per heavy atom. The second kappa shape index (κ2) is 6.90. The van der Waals surface area contributed by atoms with Crippen molar-refractivity contribution in [2.75, 3.05) is 19.3 Å². The molecule has 1 saturated heterocycles. The molecule has 1 fully saturated rings. The minimum Gasteiger partial charge on any atom is -0.213 e. The molecular formula is C14H29NO2S. The highest BCUT2D eigenvalue weighted by Crippen LogP contribution is 2.30. The molecule has 0 aromatic heterocycles. The predicted molar refractivity (Wildman–Crippen MR) is 77.1 cm³/mol. The van der Waals surface area contributed by atoms with E-state index in [-0.39, 0.29) is 0 Å². The van der Waals surface area contributed by atoms with E-state index in [1.165, 1.54) is 31.9 Å². The molecule has 0 aliphatic carbocycles. The molecule has 0 N–H and O–H groups in total. The van der Waals surface area contributed by atoms with E-state index in [2.05, 4.69) is 13.8 Å². The molecule has 1 heterocycles. The van der Waals surface area contributed by atoms with Crippen LogP contribution in [0, 0.1) is 5.41 Å². The molecule has 0 spiro atoms. The minimum absolute atomic E-state index is 0.363. The zero-order valence-corrected chi connectivity index (χ0v) is 13.1. The summed E-state index contributed by atoms with van der Waals surface area (Å²) in [6.07, 6.45) is 10.7. The van der Waals surface area contributed by atoms with Gasteiger partial charge in [0.25, 0.3) is 0 Å². The SMILES string of the molecule is CC1(C)CCCCCCCN(S(C)(=O)=O)CCC1. The molecule has 0 saturated carbocycles. The molecule has 0 aromatic carbocycles. The highest BCUT2D eigenvalue weighted by Gasteiger charge is 2.21. The molecule has 1 aliphatic rings. The van der Waals surface area contributed by atoms with Crippen LogP contribution in [0.1, 0.15) is 65.2 Å². The fourth-order valence-electron chi connectivity index (χ4n) is 2.72. The monoisotopic (exact) mass is 275 g/mol. The van der Waals surface area contributed by atoms with Crippen molar-refractivity contribution < 1.29 is 8.42 Å². The van der Waals surface area contributed by atoms with Crippen LogP contribution in [0.2, 0.25) is 0 Å². The summed E-state index contributed by atoms with van der Waals surface area (Å²) in [6.45, 7) is 6.02. The zero-order chi connectivity index (χ0) is 13.6. The average Bonchev–Trinajstić information content (AvgIpc) is 2.21. The van der Waals surface area contributed by atoms with Gasteiger partial charge in [0.15, 0.2) is 0 Å². The van der Waals surface area contributed by atoms with Crippen molar-refractivity contribution in [3.8, 4) is 0 Å². The fraction of sp³-hybridized carbons (Fsp3) is 1.00. The van der Waals surface area contributed by atoms with Gasteiger partial charge in [-0.15, -0.1) is 0 Å². The maximum Gasteiger partial charge on any atom is 0.211 e. The van der Waals surface area contributed by atoms with Gasteiger partial charge in [-0.05, 0) is 31.1 Å². The van der Waals surface area contributed by atoms with E-state index >= 15 is 0 Å². The van der Waals surface area contributed by atoms with Crippen molar-refractivity contribution in [3.05, 3.63) is 0 Å². The Kier molecular flexibility index (Phi) is 6.12. The van der Waals surface area contributed by atoms with Gasteiger partial charge in [0.2, 0.25) is 10.0 Å². The summed E-state index contributed by atoms with van der Waals surface area (Å²) in [5.41, 5.74) is 0.363.